The zero-order chi connectivity index (χ0) is 14.0. The smallest absolute Gasteiger partial charge is 0.348 e. The summed E-state index contributed by atoms with van der Waals surface area (Å²) in [7, 11) is -3.69. The maximum Gasteiger partial charge on any atom is 0.348 e. The molecule has 2 heterocycles. The molecule has 106 valence electrons. The molecule has 2 aromatic rings. The maximum absolute atomic E-state index is 12.0. The van der Waals surface area contributed by atoms with E-state index < -0.39 is 10.1 Å². The first-order chi connectivity index (χ1) is 9.65. The molecule has 3 rings (SSSR count). The minimum Gasteiger partial charge on any atom is -0.378 e. The van der Waals surface area contributed by atoms with Crippen molar-refractivity contribution in [3.63, 3.8) is 0 Å². The Bertz CT molecular complexity index is 656. The van der Waals surface area contributed by atoms with Gasteiger partial charge in [-0.15, -0.1) is 34.9 Å². The summed E-state index contributed by atoms with van der Waals surface area (Å²) in [5.74, 6) is 2.69. The molecule has 0 bridgehead atoms. The fraction of sp³-hybridized carbons (Fsp3) is 0.231. The Labute approximate surface area is 130 Å². The average molecular weight is 345 g/mol. The van der Waals surface area contributed by atoms with Crippen molar-refractivity contribution >= 4 is 45.0 Å². The van der Waals surface area contributed by atoms with Crippen LogP contribution in [0.1, 0.15) is 10.1 Å². The van der Waals surface area contributed by atoms with Crippen molar-refractivity contribution in [3.8, 4) is 5.75 Å². The normalized spacial score (nSPS) is 16.4. The number of thiophene rings is 1. The minimum absolute atomic E-state index is 0.225. The van der Waals surface area contributed by atoms with Crippen molar-refractivity contribution in [2.24, 2.45) is 0 Å². The van der Waals surface area contributed by atoms with Gasteiger partial charge in [0.05, 0.1) is 4.58 Å². The van der Waals surface area contributed by atoms with Crippen LogP contribution in [0.25, 0.3) is 0 Å². The number of hydrogen-bond donors (Lipinski definition) is 0. The van der Waals surface area contributed by atoms with E-state index in [1.165, 1.54) is 17.1 Å². The molecule has 0 N–H and O–H groups in total. The lowest BCUT2D eigenvalue weighted by atomic mass is 10.2. The molecule has 1 saturated heterocycles. The molecule has 0 radical (unpaired) electrons. The molecule has 20 heavy (non-hydrogen) atoms. The lowest BCUT2D eigenvalue weighted by molar-refractivity contribution is 0.488. The fourth-order valence-electron chi connectivity index (χ4n) is 1.80. The molecule has 0 saturated carbocycles. The van der Waals surface area contributed by atoms with Gasteiger partial charge in [-0.05, 0) is 29.1 Å². The Morgan fingerprint density at radius 2 is 1.75 bits per heavy atom. The first-order valence-corrected chi connectivity index (χ1v) is 10.3. The highest BCUT2D eigenvalue weighted by Crippen LogP contribution is 2.45. The van der Waals surface area contributed by atoms with Gasteiger partial charge in [0.1, 0.15) is 5.75 Å². The van der Waals surface area contributed by atoms with Crippen LogP contribution in [0.4, 0.5) is 0 Å². The third-order valence-corrected chi connectivity index (χ3v) is 8.43. The lowest BCUT2D eigenvalue weighted by Gasteiger charge is -2.09. The Balaban J connectivity index is 1.75. The Kier molecular flexibility index (Phi) is 4.30. The SMILES string of the molecule is O=S(=O)(Oc1ccc(C2SCCS2)cc1)c1cccs1. The predicted octanol–water partition coefficient (Wildman–Crippen LogP) is 3.99. The summed E-state index contributed by atoms with van der Waals surface area (Å²) in [5, 5.41) is 1.72. The zero-order valence-corrected chi connectivity index (χ0v) is 13.7. The van der Waals surface area contributed by atoms with Crippen LogP contribution in [0.5, 0.6) is 5.75 Å². The van der Waals surface area contributed by atoms with E-state index in [2.05, 4.69) is 0 Å². The van der Waals surface area contributed by atoms with Gasteiger partial charge in [0.2, 0.25) is 0 Å². The highest BCUT2D eigenvalue weighted by atomic mass is 32.3. The largest absolute Gasteiger partial charge is 0.378 e. The predicted molar refractivity (Wildman–Crippen MR) is 86.2 cm³/mol. The average Bonchev–Trinajstić information content (AvgIpc) is 3.13. The lowest BCUT2D eigenvalue weighted by Crippen LogP contribution is -2.07. The van der Waals surface area contributed by atoms with E-state index in [0.717, 1.165) is 11.3 Å². The Morgan fingerprint density at radius 1 is 1.05 bits per heavy atom. The van der Waals surface area contributed by atoms with Crippen LogP contribution in [-0.2, 0) is 10.1 Å². The van der Waals surface area contributed by atoms with Gasteiger partial charge in [-0.2, -0.15) is 8.42 Å². The third-order valence-electron chi connectivity index (χ3n) is 2.72. The quantitative estimate of drug-likeness (QED) is 0.785. The zero-order valence-electron chi connectivity index (χ0n) is 10.4. The molecule has 1 fully saturated rings. The van der Waals surface area contributed by atoms with Crippen molar-refractivity contribution < 1.29 is 12.6 Å². The molecular formula is C13H12O3S4. The first kappa shape index (κ1) is 14.3. The highest BCUT2D eigenvalue weighted by Gasteiger charge is 2.20. The molecule has 0 unspecified atom stereocenters. The fourth-order valence-corrected chi connectivity index (χ4v) is 6.54. The molecule has 0 aliphatic carbocycles. The molecule has 1 aliphatic rings. The summed E-state index contributed by atoms with van der Waals surface area (Å²) in [6.45, 7) is 0. The molecule has 0 spiro atoms. The summed E-state index contributed by atoms with van der Waals surface area (Å²) in [4.78, 5) is 0. The van der Waals surface area contributed by atoms with Gasteiger partial charge < -0.3 is 4.18 Å². The van der Waals surface area contributed by atoms with E-state index in [1.807, 2.05) is 35.7 Å². The summed E-state index contributed by atoms with van der Waals surface area (Å²) in [6, 6.07) is 10.6. The van der Waals surface area contributed by atoms with E-state index in [9.17, 15) is 8.42 Å². The van der Waals surface area contributed by atoms with Crippen molar-refractivity contribution in [2.45, 2.75) is 8.79 Å². The molecule has 1 aromatic carbocycles. The van der Waals surface area contributed by atoms with E-state index in [0.29, 0.717) is 10.3 Å². The van der Waals surface area contributed by atoms with Gasteiger partial charge in [-0.3, -0.25) is 0 Å². The van der Waals surface area contributed by atoms with E-state index in [-0.39, 0.29) is 4.21 Å². The number of hydrogen-bond acceptors (Lipinski definition) is 6. The van der Waals surface area contributed by atoms with Gasteiger partial charge in [-0.1, -0.05) is 18.2 Å². The topological polar surface area (TPSA) is 43.4 Å². The van der Waals surface area contributed by atoms with Crippen molar-refractivity contribution in [1.82, 2.24) is 0 Å². The van der Waals surface area contributed by atoms with Crippen molar-refractivity contribution in [1.29, 1.82) is 0 Å². The molecule has 1 aromatic heterocycles. The summed E-state index contributed by atoms with van der Waals surface area (Å²) >= 11 is 4.99. The molecular weight excluding hydrogens is 332 g/mol. The van der Waals surface area contributed by atoms with Crippen LogP contribution >= 0.6 is 34.9 Å². The molecule has 7 heteroatoms. The van der Waals surface area contributed by atoms with E-state index in [4.69, 9.17) is 4.18 Å². The van der Waals surface area contributed by atoms with Crippen molar-refractivity contribution in [2.75, 3.05) is 11.5 Å². The van der Waals surface area contributed by atoms with Crippen LogP contribution < -0.4 is 4.18 Å². The standard InChI is InChI=1S/C13H12O3S4/c14-20(15,12-2-1-7-17-12)16-11-5-3-10(4-6-11)13-18-8-9-19-13/h1-7,13H,8-9H2. The van der Waals surface area contributed by atoms with Crippen LogP contribution in [0.3, 0.4) is 0 Å². The first-order valence-electron chi connectivity index (χ1n) is 5.96. The summed E-state index contributed by atoms with van der Waals surface area (Å²) < 4.78 is 29.8. The van der Waals surface area contributed by atoms with E-state index in [1.54, 1.807) is 29.6 Å². The van der Waals surface area contributed by atoms with Gasteiger partial charge in [0.25, 0.3) is 0 Å². The second-order valence-electron chi connectivity index (χ2n) is 4.11. The molecule has 1 aliphatic heterocycles. The summed E-state index contributed by atoms with van der Waals surface area (Å²) in [6.07, 6.45) is 0. The van der Waals surface area contributed by atoms with Crippen LogP contribution in [0.2, 0.25) is 0 Å². The molecule has 0 atom stereocenters. The van der Waals surface area contributed by atoms with Crippen LogP contribution in [0, 0.1) is 0 Å². The second kappa shape index (κ2) is 6.01. The summed E-state index contributed by atoms with van der Waals surface area (Å²) in [5.41, 5.74) is 1.21. The Morgan fingerprint density at radius 3 is 2.35 bits per heavy atom. The number of thioether (sulfide) groups is 2. The highest BCUT2D eigenvalue weighted by molar-refractivity contribution is 8.19. The van der Waals surface area contributed by atoms with Crippen LogP contribution in [0.15, 0.2) is 46.0 Å². The number of benzene rings is 1. The van der Waals surface area contributed by atoms with Gasteiger partial charge >= 0.3 is 10.1 Å². The monoisotopic (exact) mass is 344 g/mol. The van der Waals surface area contributed by atoms with Gasteiger partial charge in [0.15, 0.2) is 4.21 Å². The van der Waals surface area contributed by atoms with Crippen LogP contribution in [-0.4, -0.2) is 19.9 Å². The van der Waals surface area contributed by atoms with Crippen molar-refractivity contribution in [3.05, 3.63) is 47.3 Å². The van der Waals surface area contributed by atoms with E-state index >= 15 is 0 Å². The number of rotatable bonds is 4. The van der Waals surface area contributed by atoms with Gasteiger partial charge in [-0.25, -0.2) is 0 Å². The Hall–Kier alpha value is -0.630. The molecule has 0 amide bonds. The third kappa shape index (κ3) is 3.16. The maximum atomic E-state index is 12.0. The molecule has 3 nitrogen and oxygen atoms in total. The second-order valence-corrected chi connectivity index (χ2v) is 9.56. The minimum atomic E-state index is -3.69. The van der Waals surface area contributed by atoms with Gasteiger partial charge in [0, 0.05) is 11.5 Å².